The largest absolute Gasteiger partial charge is 0.479 e. The lowest BCUT2D eigenvalue weighted by molar-refractivity contribution is -0.142. The Labute approximate surface area is 101 Å². The van der Waals surface area contributed by atoms with E-state index in [1.807, 2.05) is 6.92 Å². The summed E-state index contributed by atoms with van der Waals surface area (Å²) in [5, 5.41) is 11.7. The summed E-state index contributed by atoms with van der Waals surface area (Å²) in [6.07, 6.45) is 0.687. The van der Waals surface area contributed by atoms with E-state index in [0.717, 1.165) is 0 Å². The molecule has 4 heteroatoms. The fourth-order valence-electron chi connectivity index (χ4n) is 1.40. The van der Waals surface area contributed by atoms with Gasteiger partial charge in [0.1, 0.15) is 0 Å². The average molecular weight is 235 g/mol. The van der Waals surface area contributed by atoms with E-state index in [9.17, 15) is 9.59 Å². The summed E-state index contributed by atoms with van der Waals surface area (Å²) in [7, 11) is 0. The van der Waals surface area contributed by atoms with Crippen LogP contribution in [-0.2, 0) is 9.59 Å². The highest BCUT2D eigenvalue weighted by atomic mass is 16.4. The maximum atomic E-state index is 11.7. The van der Waals surface area contributed by atoms with Gasteiger partial charge < -0.3 is 10.4 Å². The number of amides is 1. The number of carboxylic acid groups (broad SMARTS) is 1. The molecule has 4 nitrogen and oxygen atoms in total. The van der Waals surface area contributed by atoms with Crippen molar-refractivity contribution in [3.8, 4) is 0 Å². The first kappa shape index (κ1) is 13.2. The summed E-state index contributed by atoms with van der Waals surface area (Å²) in [6.45, 7) is 3.67. The number of hydrogen-bond acceptors (Lipinski definition) is 2. The minimum Gasteiger partial charge on any atom is -0.479 e. The van der Waals surface area contributed by atoms with Crippen molar-refractivity contribution < 1.29 is 14.7 Å². The summed E-state index contributed by atoms with van der Waals surface area (Å²) in [6, 6.07) is 7.71. The molecule has 0 bridgehead atoms. The first-order valence-electron chi connectivity index (χ1n) is 5.64. The minimum atomic E-state index is -1.05. The molecule has 0 aliphatic carbocycles. The van der Waals surface area contributed by atoms with Crippen LogP contribution in [0.25, 0.3) is 0 Å². The van der Waals surface area contributed by atoms with E-state index in [1.165, 1.54) is 0 Å². The topological polar surface area (TPSA) is 66.4 Å². The predicted molar refractivity (Wildman–Crippen MR) is 64.4 cm³/mol. The Hall–Kier alpha value is -1.84. The number of rotatable bonds is 5. The number of carbonyl (C=O) groups is 2. The van der Waals surface area contributed by atoms with E-state index < -0.39 is 12.0 Å². The SMILES string of the molecule is CCC(C)C(=O)NC(C(=O)O)c1ccccc1. The fraction of sp³-hybridized carbons (Fsp3) is 0.385. The highest BCUT2D eigenvalue weighted by molar-refractivity contribution is 5.85. The van der Waals surface area contributed by atoms with Crippen LogP contribution in [0.3, 0.4) is 0 Å². The van der Waals surface area contributed by atoms with Gasteiger partial charge in [-0.15, -0.1) is 0 Å². The van der Waals surface area contributed by atoms with Crippen LogP contribution in [0, 0.1) is 5.92 Å². The van der Waals surface area contributed by atoms with E-state index in [-0.39, 0.29) is 11.8 Å². The summed E-state index contributed by atoms with van der Waals surface area (Å²) >= 11 is 0. The van der Waals surface area contributed by atoms with Crippen molar-refractivity contribution in [1.29, 1.82) is 0 Å². The number of aliphatic carboxylic acids is 1. The monoisotopic (exact) mass is 235 g/mol. The second-order valence-corrected chi connectivity index (χ2v) is 4.00. The van der Waals surface area contributed by atoms with Crippen LogP contribution in [-0.4, -0.2) is 17.0 Å². The maximum Gasteiger partial charge on any atom is 0.330 e. The fourth-order valence-corrected chi connectivity index (χ4v) is 1.40. The van der Waals surface area contributed by atoms with Gasteiger partial charge in [0.2, 0.25) is 5.91 Å². The van der Waals surface area contributed by atoms with Gasteiger partial charge in [-0.05, 0) is 12.0 Å². The molecule has 2 N–H and O–H groups in total. The molecule has 2 unspecified atom stereocenters. The van der Waals surface area contributed by atoms with Gasteiger partial charge in [0.15, 0.2) is 6.04 Å². The minimum absolute atomic E-state index is 0.180. The molecule has 1 aromatic rings. The van der Waals surface area contributed by atoms with E-state index >= 15 is 0 Å². The molecular formula is C13H17NO3. The predicted octanol–water partition coefficient (Wildman–Crippen LogP) is 1.97. The van der Waals surface area contributed by atoms with Crippen molar-refractivity contribution in [3.63, 3.8) is 0 Å². The third kappa shape index (κ3) is 3.59. The normalized spacial score (nSPS) is 13.8. The van der Waals surface area contributed by atoms with Gasteiger partial charge >= 0.3 is 5.97 Å². The van der Waals surface area contributed by atoms with Gasteiger partial charge in [-0.3, -0.25) is 4.79 Å². The molecule has 1 aromatic carbocycles. The summed E-state index contributed by atoms with van der Waals surface area (Å²) in [5.41, 5.74) is 0.580. The molecule has 0 saturated carbocycles. The number of carbonyl (C=O) groups excluding carboxylic acids is 1. The summed E-state index contributed by atoms with van der Waals surface area (Å²) in [5.74, 6) is -1.46. The average Bonchev–Trinajstić information content (AvgIpc) is 2.35. The second kappa shape index (κ2) is 6.03. The molecule has 0 spiro atoms. The van der Waals surface area contributed by atoms with Gasteiger partial charge in [0.05, 0.1) is 0 Å². The Bertz CT molecular complexity index is 389. The molecule has 0 saturated heterocycles. The zero-order valence-corrected chi connectivity index (χ0v) is 10.0. The van der Waals surface area contributed by atoms with Crippen LogP contribution >= 0.6 is 0 Å². The molecular weight excluding hydrogens is 218 g/mol. The summed E-state index contributed by atoms with van der Waals surface area (Å²) in [4.78, 5) is 22.8. The van der Waals surface area contributed by atoms with Crippen molar-refractivity contribution in [1.82, 2.24) is 5.32 Å². The molecule has 1 rings (SSSR count). The van der Waals surface area contributed by atoms with E-state index in [4.69, 9.17) is 5.11 Å². The molecule has 0 fully saturated rings. The summed E-state index contributed by atoms with van der Waals surface area (Å²) < 4.78 is 0. The Morgan fingerprint density at radius 3 is 2.35 bits per heavy atom. The molecule has 92 valence electrons. The number of nitrogens with one attached hydrogen (secondary N) is 1. The lowest BCUT2D eigenvalue weighted by Crippen LogP contribution is -2.36. The number of benzene rings is 1. The lowest BCUT2D eigenvalue weighted by atomic mass is 10.0. The molecule has 2 atom stereocenters. The van der Waals surface area contributed by atoms with E-state index in [1.54, 1.807) is 37.3 Å². The third-order valence-electron chi connectivity index (χ3n) is 2.73. The van der Waals surface area contributed by atoms with Crippen LogP contribution in [0.2, 0.25) is 0 Å². The smallest absolute Gasteiger partial charge is 0.330 e. The zero-order chi connectivity index (χ0) is 12.8. The van der Waals surface area contributed by atoms with Gasteiger partial charge in [-0.1, -0.05) is 44.2 Å². The van der Waals surface area contributed by atoms with Crippen LogP contribution < -0.4 is 5.32 Å². The third-order valence-corrected chi connectivity index (χ3v) is 2.73. The van der Waals surface area contributed by atoms with Crippen molar-refractivity contribution in [3.05, 3.63) is 35.9 Å². The van der Waals surface area contributed by atoms with E-state index in [0.29, 0.717) is 12.0 Å². The first-order chi connectivity index (χ1) is 8.06. The van der Waals surface area contributed by atoms with Crippen molar-refractivity contribution >= 4 is 11.9 Å². The second-order valence-electron chi connectivity index (χ2n) is 4.00. The Morgan fingerprint density at radius 1 is 1.29 bits per heavy atom. The van der Waals surface area contributed by atoms with Crippen LogP contribution in [0.5, 0.6) is 0 Å². The van der Waals surface area contributed by atoms with Gasteiger partial charge in [0, 0.05) is 5.92 Å². The highest BCUT2D eigenvalue weighted by Gasteiger charge is 2.23. The number of hydrogen-bond donors (Lipinski definition) is 2. The molecule has 0 aromatic heterocycles. The van der Waals surface area contributed by atoms with Gasteiger partial charge in [-0.25, -0.2) is 4.79 Å². The lowest BCUT2D eigenvalue weighted by Gasteiger charge is -2.17. The van der Waals surface area contributed by atoms with Crippen molar-refractivity contribution in [2.45, 2.75) is 26.3 Å². The number of carboxylic acids is 1. The van der Waals surface area contributed by atoms with Crippen LogP contribution in [0.1, 0.15) is 31.9 Å². The first-order valence-corrected chi connectivity index (χ1v) is 5.64. The molecule has 0 heterocycles. The van der Waals surface area contributed by atoms with Crippen LogP contribution in [0.4, 0.5) is 0 Å². The van der Waals surface area contributed by atoms with Crippen LogP contribution in [0.15, 0.2) is 30.3 Å². The molecule has 1 amide bonds. The quantitative estimate of drug-likeness (QED) is 0.820. The Morgan fingerprint density at radius 2 is 1.88 bits per heavy atom. The van der Waals surface area contributed by atoms with Crippen molar-refractivity contribution in [2.24, 2.45) is 5.92 Å². The van der Waals surface area contributed by atoms with Crippen molar-refractivity contribution in [2.75, 3.05) is 0 Å². The molecule has 0 aliphatic rings. The van der Waals surface area contributed by atoms with E-state index in [2.05, 4.69) is 5.32 Å². The molecule has 0 aliphatic heterocycles. The molecule has 17 heavy (non-hydrogen) atoms. The Balaban J connectivity index is 2.82. The highest BCUT2D eigenvalue weighted by Crippen LogP contribution is 2.14. The van der Waals surface area contributed by atoms with Gasteiger partial charge in [-0.2, -0.15) is 0 Å². The Kier molecular flexibility index (Phi) is 4.69. The van der Waals surface area contributed by atoms with Gasteiger partial charge in [0.25, 0.3) is 0 Å². The zero-order valence-electron chi connectivity index (χ0n) is 10.0. The standard InChI is InChI=1S/C13H17NO3/c1-3-9(2)12(15)14-11(13(16)17)10-7-5-4-6-8-10/h4-9,11H,3H2,1-2H3,(H,14,15)(H,16,17). The maximum absolute atomic E-state index is 11.7. The molecule has 0 radical (unpaired) electrons.